The highest BCUT2D eigenvalue weighted by atomic mass is 32.2. The van der Waals surface area contributed by atoms with Gasteiger partial charge in [0.25, 0.3) is 0 Å². The number of hydrogen-bond donors (Lipinski definition) is 4. The van der Waals surface area contributed by atoms with Gasteiger partial charge in [-0.15, -0.1) is 0 Å². The van der Waals surface area contributed by atoms with E-state index in [1.54, 1.807) is 61.1 Å². The first-order valence-corrected chi connectivity index (χ1v) is 13.0. The van der Waals surface area contributed by atoms with E-state index in [1.807, 2.05) is 6.07 Å². The Labute approximate surface area is 206 Å². The molecule has 0 spiro atoms. The second-order valence-electron chi connectivity index (χ2n) is 7.86. The molecule has 0 saturated carbocycles. The molecule has 2 amide bonds. The van der Waals surface area contributed by atoms with E-state index in [0.29, 0.717) is 36.4 Å². The first-order valence-electron chi connectivity index (χ1n) is 11.4. The molecular formula is C24H33N3O7S. The van der Waals surface area contributed by atoms with Gasteiger partial charge in [0, 0.05) is 12.1 Å². The van der Waals surface area contributed by atoms with Crippen LogP contribution in [0.1, 0.15) is 38.5 Å². The standard InChI is InChI=1S/C24H33N3O7S/c1-33-20-13-15-21(16-14-20)34-17-8-18-35(31,32)27-22(11-6-3-7-12-23(28)26-30)24(29)25-19-9-4-2-5-10-19/h2,4-5,9-10,13-16,22,27,30H,3,6-8,11-12,17-18H2,1H3,(H,25,29)(H,26,28)/t22-/m0/s1. The molecule has 10 nitrogen and oxygen atoms in total. The van der Waals surface area contributed by atoms with Crippen LogP contribution >= 0.6 is 0 Å². The monoisotopic (exact) mass is 507 g/mol. The Morgan fingerprint density at radius 1 is 0.943 bits per heavy atom. The maximum Gasteiger partial charge on any atom is 0.243 e. The van der Waals surface area contributed by atoms with Gasteiger partial charge < -0.3 is 14.8 Å². The van der Waals surface area contributed by atoms with Crippen molar-refractivity contribution in [3.63, 3.8) is 0 Å². The van der Waals surface area contributed by atoms with Crippen LogP contribution in [0.5, 0.6) is 11.5 Å². The van der Waals surface area contributed by atoms with Crippen LogP contribution in [0.2, 0.25) is 0 Å². The average molecular weight is 508 g/mol. The van der Waals surface area contributed by atoms with Gasteiger partial charge in [0.05, 0.1) is 19.5 Å². The molecule has 11 heteroatoms. The normalized spacial score (nSPS) is 11.9. The van der Waals surface area contributed by atoms with Gasteiger partial charge in [0.1, 0.15) is 17.5 Å². The summed E-state index contributed by atoms with van der Waals surface area (Å²) >= 11 is 0. The number of carbonyl (C=O) groups is 2. The third-order valence-corrected chi connectivity index (χ3v) is 6.56. The molecule has 0 saturated heterocycles. The van der Waals surface area contributed by atoms with Crippen LogP contribution in [0.4, 0.5) is 5.69 Å². The largest absolute Gasteiger partial charge is 0.497 e. The third-order valence-electron chi connectivity index (χ3n) is 5.09. The summed E-state index contributed by atoms with van der Waals surface area (Å²) in [5.74, 6) is 0.157. The molecule has 0 aromatic heterocycles. The molecule has 0 aliphatic carbocycles. The van der Waals surface area contributed by atoms with Gasteiger partial charge in [-0.25, -0.2) is 18.6 Å². The Balaban J connectivity index is 1.87. The number of ether oxygens (including phenoxy) is 2. The third kappa shape index (κ3) is 11.2. The van der Waals surface area contributed by atoms with Crippen molar-refractivity contribution in [2.24, 2.45) is 0 Å². The lowest BCUT2D eigenvalue weighted by molar-refractivity contribution is -0.129. The summed E-state index contributed by atoms with van der Waals surface area (Å²) in [6, 6.07) is 14.8. The highest BCUT2D eigenvalue weighted by Gasteiger charge is 2.24. The Morgan fingerprint density at radius 2 is 1.63 bits per heavy atom. The van der Waals surface area contributed by atoms with Crippen LogP contribution in [0, 0.1) is 0 Å². The number of sulfonamides is 1. The molecule has 0 fully saturated rings. The molecule has 2 aromatic rings. The number of amides is 2. The molecule has 1 atom stereocenters. The first kappa shape index (κ1) is 28.1. The Hall–Kier alpha value is -3.15. The topological polar surface area (TPSA) is 143 Å². The second kappa shape index (κ2) is 15.0. The summed E-state index contributed by atoms with van der Waals surface area (Å²) in [6.07, 6.45) is 2.28. The fourth-order valence-corrected chi connectivity index (χ4v) is 4.52. The fraction of sp³-hybridized carbons (Fsp3) is 0.417. The van der Waals surface area contributed by atoms with E-state index in [2.05, 4.69) is 10.0 Å². The van der Waals surface area contributed by atoms with E-state index >= 15 is 0 Å². The minimum atomic E-state index is -3.75. The number of methoxy groups -OCH3 is 1. The van der Waals surface area contributed by atoms with Crippen LogP contribution in [0.15, 0.2) is 54.6 Å². The molecule has 192 valence electrons. The Kier molecular flexibility index (Phi) is 12.0. The highest BCUT2D eigenvalue weighted by Crippen LogP contribution is 2.17. The second-order valence-corrected chi connectivity index (χ2v) is 9.73. The van der Waals surface area contributed by atoms with Crippen molar-refractivity contribution >= 4 is 27.5 Å². The summed E-state index contributed by atoms with van der Waals surface area (Å²) in [5, 5.41) is 11.3. The molecule has 4 N–H and O–H groups in total. The predicted octanol–water partition coefficient (Wildman–Crippen LogP) is 2.85. The maximum atomic E-state index is 12.8. The maximum absolute atomic E-state index is 12.8. The van der Waals surface area contributed by atoms with Gasteiger partial charge in [0.2, 0.25) is 21.8 Å². The van der Waals surface area contributed by atoms with Crippen molar-refractivity contribution in [2.45, 2.75) is 44.6 Å². The molecule has 35 heavy (non-hydrogen) atoms. The number of carbonyl (C=O) groups excluding carboxylic acids is 2. The van der Waals surface area contributed by atoms with E-state index in [9.17, 15) is 18.0 Å². The van der Waals surface area contributed by atoms with Crippen LogP contribution in [-0.4, -0.2) is 51.0 Å². The number of hydrogen-bond acceptors (Lipinski definition) is 7. The van der Waals surface area contributed by atoms with Crippen molar-refractivity contribution in [3.05, 3.63) is 54.6 Å². The summed E-state index contributed by atoms with van der Waals surface area (Å²) < 4.78 is 38.5. The Bertz CT molecular complexity index is 1020. The van der Waals surface area contributed by atoms with Crippen molar-refractivity contribution in [3.8, 4) is 11.5 Å². The number of anilines is 1. The number of unbranched alkanes of at least 4 members (excludes halogenated alkanes) is 2. The summed E-state index contributed by atoms with van der Waals surface area (Å²) in [4.78, 5) is 23.9. The molecule has 0 aliphatic rings. The molecule has 0 radical (unpaired) electrons. The van der Waals surface area contributed by atoms with E-state index < -0.39 is 27.9 Å². The van der Waals surface area contributed by atoms with Crippen molar-refractivity contribution < 1.29 is 32.7 Å². The Morgan fingerprint density at radius 3 is 2.29 bits per heavy atom. The number of rotatable bonds is 16. The zero-order chi connectivity index (χ0) is 25.5. The van der Waals surface area contributed by atoms with Gasteiger partial charge in [-0.2, -0.15) is 0 Å². The molecule has 2 rings (SSSR count). The highest BCUT2D eigenvalue weighted by molar-refractivity contribution is 7.89. The molecular weight excluding hydrogens is 474 g/mol. The van der Waals surface area contributed by atoms with Crippen molar-refractivity contribution in [2.75, 3.05) is 24.8 Å². The van der Waals surface area contributed by atoms with E-state index in [0.717, 1.165) is 0 Å². The minimum absolute atomic E-state index is 0.150. The van der Waals surface area contributed by atoms with Crippen LogP contribution in [0.3, 0.4) is 0 Å². The zero-order valence-corrected chi connectivity index (χ0v) is 20.6. The SMILES string of the molecule is COc1ccc(OCCCS(=O)(=O)N[C@@H](CCCCCC(=O)NO)C(=O)Nc2ccccc2)cc1. The summed E-state index contributed by atoms with van der Waals surface area (Å²) in [7, 11) is -2.18. The number of para-hydroxylation sites is 1. The molecule has 0 bridgehead atoms. The summed E-state index contributed by atoms with van der Waals surface area (Å²) in [6.45, 7) is 0.195. The lowest BCUT2D eigenvalue weighted by Gasteiger charge is -2.19. The van der Waals surface area contributed by atoms with E-state index in [1.165, 1.54) is 0 Å². The smallest absolute Gasteiger partial charge is 0.243 e. The molecule has 2 aromatic carbocycles. The van der Waals surface area contributed by atoms with Crippen molar-refractivity contribution in [1.29, 1.82) is 0 Å². The van der Waals surface area contributed by atoms with E-state index in [-0.39, 0.29) is 31.6 Å². The predicted molar refractivity (Wildman–Crippen MR) is 132 cm³/mol. The molecule has 0 unspecified atom stereocenters. The van der Waals surface area contributed by atoms with Crippen LogP contribution < -0.4 is 25.0 Å². The number of benzene rings is 2. The average Bonchev–Trinajstić information content (AvgIpc) is 2.86. The lowest BCUT2D eigenvalue weighted by Crippen LogP contribution is -2.44. The van der Waals surface area contributed by atoms with Gasteiger partial charge in [-0.1, -0.05) is 31.0 Å². The van der Waals surface area contributed by atoms with Gasteiger partial charge in [0.15, 0.2) is 0 Å². The zero-order valence-electron chi connectivity index (χ0n) is 19.7. The van der Waals surface area contributed by atoms with Gasteiger partial charge >= 0.3 is 0 Å². The van der Waals surface area contributed by atoms with Crippen molar-refractivity contribution in [1.82, 2.24) is 10.2 Å². The quantitative estimate of drug-likeness (QED) is 0.155. The molecule has 0 aliphatic heterocycles. The minimum Gasteiger partial charge on any atom is -0.497 e. The number of nitrogens with one attached hydrogen (secondary N) is 3. The first-order chi connectivity index (χ1) is 16.8. The lowest BCUT2D eigenvalue weighted by atomic mass is 10.1. The van der Waals surface area contributed by atoms with Gasteiger partial charge in [-0.3, -0.25) is 14.8 Å². The number of hydroxylamine groups is 1. The molecule has 0 heterocycles. The van der Waals surface area contributed by atoms with Crippen LogP contribution in [-0.2, 0) is 19.6 Å². The summed E-state index contributed by atoms with van der Waals surface area (Å²) in [5.41, 5.74) is 2.13. The fourth-order valence-electron chi connectivity index (χ4n) is 3.25. The van der Waals surface area contributed by atoms with Gasteiger partial charge in [-0.05, 0) is 55.7 Å². The van der Waals surface area contributed by atoms with E-state index in [4.69, 9.17) is 14.7 Å². The van der Waals surface area contributed by atoms with Crippen LogP contribution in [0.25, 0.3) is 0 Å².